The lowest BCUT2D eigenvalue weighted by atomic mass is 9.88. The SMILES string of the molecule is Cl.Nc1ccc2c(c1)CCCC2NS(=O)(=O)c1ccccc1F. The normalized spacial score (nSPS) is 17.2. The number of aryl methyl sites for hydroxylation is 1. The van der Waals surface area contributed by atoms with Crippen LogP contribution in [0.4, 0.5) is 10.1 Å². The summed E-state index contributed by atoms with van der Waals surface area (Å²) < 4.78 is 41.2. The molecule has 0 bridgehead atoms. The van der Waals surface area contributed by atoms with Crippen LogP contribution in [-0.4, -0.2) is 8.42 Å². The molecule has 2 aromatic rings. The lowest BCUT2D eigenvalue weighted by molar-refractivity contribution is 0.502. The zero-order valence-electron chi connectivity index (χ0n) is 12.3. The highest BCUT2D eigenvalue weighted by molar-refractivity contribution is 7.89. The van der Waals surface area contributed by atoms with Gasteiger partial charge in [0.2, 0.25) is 10.0 Å². The molecule has 3 N–H and O–H groups in total. The monoisotopic (exact) mass is 356 g/mol. The quantitative estimate of drug-likeness (QED) is 0.829. The molecule has 1 atom stereocenters. The predicted molar refractivity (Wildman–Crippen MR) is 90.5 cm³/mol. The Balaban J connectivity index is 0.00000192. The summed E-state index contributed by atoms with van der Waals surface area (Å²) in [6, 6.07) is 10.5. The molecule has 23 heavy (non-hydrogen) atoms. The van der Waals surface area contributed by atoms with Crippen LogP contribution in [-0.2, 0) is 16.4 Å². The molecule has 1 aliphatic rings. The number of fused-ring (bicyclic) bond motifs is 1. The third kappa shape index (κ3) is 3.65. The molecule has 0 aliphatic heterocycles. The molecule has 0 aromatic heterocycles. The number of hydrogen-bond acceptors (Lipinski definition) is 3. The number of nitrogen functional groups attached to an aromatic ring is 1. The lowest BCUT2D eigenvalue weighted by Crippen LogP contribution is -2.31. The molecule has 2 aromatic carbocycles. The van der Waals surface area contributed by atoms with Crippen LogP contribution in [0, 0.1) is 5.82 Å². The number of halogens is 2. The molecule has 0 spiro atoms. The Bertz CT molecular complexity index is 811. The van der Waals surface area contributed by atoms with Gasteiger partial charge in [0.15, 0.2) is 0 Å². The first-order valence-electron chi connectivity index (χ1n) is 7.12. The number of nitrogens with two attached hydrogens (primary N) is 1. The molecule has 0 saturated carbocycles. The fourth-order valence-corrected chi connectivity index (χ4v) is 4.20. The summed E-state index contributed by atoms with van der Waals surface area (Å²) in [7, 11) is -3.90. The average molecular weight is 357 g/mol. The second kappa shape index (κ2) is 6.86. The van der Waals surface area contributed by atoms with Crippen molar-refractivity contribution in [2.45, 2.75) is 30.2 Å². The highest BCUT2D eigenvalue weighted by Gasteiger charge is 2.27. The molecule has 0 amide bonds. The van der Waals surface area contributed by atoms with Gasteiger partial charge in [-0.3, -0.25) is 0 Å². The van der Waals surface area contributed by atoms with Crippen molar-refractivity contribution in [2.75, 3.05) is 5.73 Å². The molecule has 7 heteroatoms. The summed E-state index contributed by atoms with van der Waals surface area (Å²) in [5.74, 6) is -0.747. The Morgan fingerprint density at radius 1 is 1.17 bits per heavy atom. The Hall–Kier alpha value is -1.63. The van der Waals surface area contributed by atoms with E-state index in [4.69, 9.17) is 5.73 Å². The van der Waals surface area contributed by atoms with Crippen molar-refractivity contribution < 1.29 is 12.8 Å². The third-order valence-electron chi connectivity index (χ3n) is 3.90. The summed E-state index contributed by atoms with van der Waals surface area (Å²) in [6.07, 6.45) is 2.42. The summed E-state index contributed by atoms with van der Waals surface area (Å²) >= 11 is 0. The van der Waals surface area contributed by atoms with Gasteiger partial charge in [-0.25, -0.2) is 17.5 Å². The largest absolute Gasteiger partial charge is 0.399 e. The van der Waals surface area contributed by atoms with E-state index in [2.05, 4.69) is 4.72 Å². The van der Waals surface area contributed by atoms with Gasteiger partial charge in [0.25, 0.3) is 0 Å². The third-order valence-corrected chi connectivity index (χ3v) is 5.41. The fraction of sp³-hybridized carbons (Fsp3) is 0.250. The Kier molecular flexibility index (Phi) is 5.29. The van der Waals surface area contributed by atoms with E-state index in [0.717, 1.165) is 30.0 Å². The maximum absolute atomic E-state index is 13.8. The van der Waals surface area contributed by atoms with Crippen molar-refractivity contribution >= 4 is 28.1 Å². The van der Waals surface area contributed by atoms with Gasteiger partial charge in [-0.1, -0.05) is 18.2 Å². The van der Waals surface area contributed by atoms with E-state index >= 15 is 0 Å². The molecular weight excluding hydrogens is 339 g/mol. The van der Waals surface area contributed by atoms with Crippen molar-refractivity contribution in [1.82, 2.24) is 4.72 Å². The molecule has 0 fully saturated rings. The van der Waals surface area contributed by atoms with Crippen LogP contribution >= 0.6 is 12.4 Å². The van der Waals surface area contributed by atoms with Crippen LogP contribution in [0.25, 0.3) is 0 Å². The number of anilines is 1. The second-order valence-corrected chi connectivity index (χ2v) is 7.14. The molecule has 1 aliphatic carbocycles. The maximum atomic E-state index is 13.8. The van der Waals surface area contributed by atoms with Crippen LogP contribution < -0.4 is 10.5 Å². The number of hydrogen-bond donors (Lipinski definition) is 2. The molecule has 0 radical (unpaired) electrons. The van der Waals surface area contributed by atoms with Gasteiger partial charge in [-0.15, -0.1) is 12.4 Å². The summed E-state index contributed by atoms with van der Waals surface area (Å²) in [5.41, 5.74) is 8.41. The predicted octanol–water partition coefficient (Wildman–Crippen LogP) is 3.19. The molecule has 0 heterocycles. The Morgan fingerprint density at radius 2 is 1.91 bits per heavy atom. The van der Waals surface area contributed by atoms with Crippen molar-refractivity contribution in [2.24, 2.45) is 0 Å². The van der Waals surface area contributed by atoms with Gasteiger partial charge in [-0.2, -0.15) is 0 Å². The molecule has 4 nitrogen and oxygen atoms in total. The van der Waals surface area contributed by atoms with Crippen molar-refractivity contribution in [1.29, 1.82) is 0 Å². The topological polar surface area (TPSA) is 72.2 Å². The first-order chi connectivity index (χ1) is 10.5. The molecule has 0 saturated heterocycles. The second-order valence-electron chi connectivity index (χ2n) is 5.45. The van der Waals surface area contributed by atoms with Crippen LogP contribution in [0.2, 0.25) is 0 Å². The zero-order chi connectivity index (χ0) is 15.7. The van der Waals surface area contributed by atoms with Crippen LogP contribution in [0.5, 0.6) is 0 Å². The summed E-state index contributed by atoms with van der Waals surface area (Å²) in [4.78, 5) is -0.322. The number of nitrogens with one attached hydrogen (secondary N) is 1. The summed E-state index contributed by atoms with van der Waals surface area (Å²) in [6.45, 7) is 0. The highest BCUT2D eigenvalue weighted by atomic mass is 35.5. The first kappa shape index (κ1) is 17.7. The molecule has 3 rings (SSSR count). The average Bonchev–Trinajstić information content (AvgIpc) is 2.47. The van der Waals surface area contributed by atoms with Gasteiger partial charge in [0.05, 0.1) is 0 Å². The van der Waals surface area contributed by atoms with Gasteiger partial charge in [0.1, 0.15) is 10.7 Å². The molecule has 1 unspecified atom stereocenters. The van der Waals surface area contributed by atoms with Crippen molar-refractivity contribution in [3.63, 3.8) is 0 Å². The first-order valence-corrected chi connectivity index (χ1v) is 8.61. The van der Waals surface area contributed by atoms with E-state index in [1.165, 1.54) is 18.2 Å². The fourth-order valence-electron chi connectivity index (χ4n) is 2.87. The van der Waals surface area contributed by atoms with Crippen molar-refractivity contribution in [3.05, 3.63) is 59.4 Å². The van der Waals surface area contributed by atoms with Gasteiger partial charge < -0.3 is 5.73 Å². The lowest BCUT2D eigenvalue weighted by Gasteiger charge is -2.26. The highest BCUT2D eigenvalue weighted by Crippen LogP contribution is 2.32. The van der Waals surface area contributed by atoms with Gasteiger partial charge >= 0.3 is 0 Å². The molecule has 124 valence electrons. The van der Waals surface area contributed by atoms with E-state index in [0.29, 0.717) is 12.1 Å². The van der Waals surface area contributed by atoms with Crippen LogP contribution in [0.1, 0.15) is 30.0 Å². The zero-order valence-corrected chi connectivity index (χ0v) is 14.0. The van der Waals surface area contributed by atoms with E-state index < -0.39 is 15.8 Å². The minimum Gasteiger partial charge on any atom is -0.399 e. The van der Waals surface area contributed by atoms with Gasteiger partial charge in [-0.05, 0) is 54.7 Å². The van der Waals surface area contributed by atoms with Gasteiger partial charge in [0, 0.05) is 11.7 Å². The minimum absolute atomic E-state index is 0. The van der Waals surface area contributed by atoms with E-state index in [9.17, 15) is 12.8 Å². The summed E-state index contributed by atoms with van der Waals surface area (Å²) in [5, 5.41) is 0. The van der Waals surface area contributed by atoms with Crippen molar-refractivity contribution in [3.8, 4) is 0 Å². The van der Waals surface area contributed by atoms with Crippen LogP contribution in [0.3, 0.4) is 0 Å². The number of sulfonamides is 1. The Morgan fingerprint density at radius 3 is 2.65 bits per heavy atom. The number of benzene rings is 2. The maximum Gasteiger partial charge on any atom is 0.244 e. The number of rotatable bonds is 3. The van der Waals surface area contributed by atoms with E-state index in [1.54, 1.807) is 6.07 Å². The van der Waals surface area contributed by atoms with E-state index in [1.807, 2.05) is 12.1 Å². The smallest absolute Gasteiger partial charge is 0.244 e. The minimum atomic E-state index is -3.90. The molecular formula is C16H18ClFN2O2S. The van der Waals surface area contributed by atoms with E-state index in [-0.39, 0.29) is 23.3 Å². The van der Waals surface area contributed by atoms with Crippen LogP contribution in [0.15, 0.2) is 47.4 Å². The standard InChI is InChI=1S/C16H17FN2O2S.ClH/c17-14-5-1-2-7-16(14)22(20,21)19-15-6-3-4-11-10-12(18)8-9-13(11)15;/h1-2,5,7-10,15,19H,3-4,6,18H2;1H. The Labute approximate surface area is 141 Å².